The molecule has 4 nitrogen and oxygen atoms in total. The molecule has 0 aliphatic rings. The molecule has 0 atom stereocenters. The van der Waals surface area contributed by atoms with Gasteiger partial charge in [0.15, 0.2) is 0 Å². The molecule has 0 rings (SSSR count). The topological polar surface area (TPSA) is 74.6 Å². The maximum Gasteiger partial charge on any atom is 0.332 e. The van der Waals surface area contributed by atoms with E-state index in [2.05, 4.69) is 6.92 Å². The van der Waals surface area contributed by atoms with Crippen LogP contribution in [0, 0.1) is 0 Å². The molecule has 0 aliphatic heterocycles. The lowest BCUT2D eigenvalue weighted by atomic mass is 9.99. The highest BCUT2D eigenvalue weighted by molar-refractivity contribution is 5.98. The van der Waals surface area contributed by atoms with Gasteiger partial charge in [-0.25, -0.2) is 9.59 Å². The summed E-state index contributed by atoms with van der Waals surface area (Å²) in [4.78, 5) is 21.8. The molecule has 0 aromatic heterocycles. The van der Waals surface area contributed by atoms with E-state index >= 15 is 0 Å². The van der Waals surface area contributed by atoms with Gasteiger partial charge in [-0.1, -0.05) is 33.1 Å². The average Bonchev–Trinajstić information content (AvgIpc) is 2.21. The normalized spacial score (nSPS) is 12.1. The van der Waals surface area contributed by atoms with Crippen LogP contribution in [0.5, 0.6) is 0 Å². The molecule has 2 N–H and O–H groups in total. The summed E-state index contributed by atoms with van der Waals surface area (Å²) in [5.74, 6) is -2.22. The minimum atomic E-state index is -1.12. The van der Waals surface area contributed by atoms with Gasteiger partial charge in [0, 0.05) is 11.1 Å². The first kappa shape index (κ1) is 14.7. The van der Waals surface area contributed by atoms with Crippen LogP contribution >= 0.6 is 0 Å². The Balaban J connectivity index is 4.59. The second kappa shape index (κ2) is 7.91. The number of unbranched alkanes of at least 4 members (excludes halogenated alkanes) is 3. The summed E-state index contributed by atoms with van der Waals surface area (Å²) < 4.78 is 0. The van der Waals surface area contributed by atoms with Gasteiger partial charge in [0.05, 0.1) is 0 Å². The molecule has 0 unspecified atom stereocenters. The average molecular weight is 228 g/mol. The van der Waals surface area contributed by atoms with Gasteiger partial charge >= 0.3 is 11.9 Å². The first-order valence-electron chi connectivity index (χ1n) is 5.73. The lowest BCUT2D eigenvalue weighted by Crippen LogP contribution is -2.11. The second-order valence-corrected chi connectivity index (χ2v) is 3.73. The second-order valence-electron chi connectivity index (χ2n) is 3.73. The van der Waals surface area contributed by atoms with Gasteiger partial charge in [-0.3, -0.25) is 0 Å². The first-order chi connectivity index (χ1) is 7.54. The van der Waals surface area contributed by atoms with Crippen LogP contribution in [0.15, 0.2) is 11.1 Å². The Bertz CT molecular complexity index is 279. The van der Waals surface area contributed by atoms with Crippen molar-refractivity contribution >= 4 is 11.9 Å². The van der Waals surface area contributed by atoms with E-state index in [0.717, 1.165) is 25.7 Å². The Morgan fingerprint density at radius 3 is 1.81 bits per heavy atom. The maximum atomic E-state index is 10.9. The van der Waals surface area contributed by atoms with E-state index in [1.807, 2.05) is 0 Å². The van der Waals surface area contributed by atoms with Gasteiger partial charge in [-0.05, 0) is 19.3 Å². The van der Waals surface area contributed by atoms with Crippen LogP contribution in [-0.4, -0.2) is 22.2 Å². The predicted molar refractivity (Wildman–Crippen MR) is 61.3 cm³/mol. The number of carbonyl (C=O) groups is 2. The summed E-state index contributed by atoms with van der Waals surface area (Å²) >= 11 is 0. The van der Waals surface area contributed by atoms with Crippen molar-refractivity contribution in [2.45, 2.75) is 52.4 Å². The van der Waals surface area contributed by atoms with E-state index in [-0.39, 0.29) is 17.6 Å². The van der Waals surface area contributed by atoms with Crippen LogP contribution in [0.3, 0.4) is 0 Å². The minimum absolute atomic E-state index is 0.0315. The van der Waals surface area contributed by atoms with Crippen LogP contribution in [0.2, 0.25) is 0 Å². The summed E-state index contributed by atoms with van der Waals surface area (Å²) in [6.45, 7) is 3.74. The standard InChI is InChI=1S/C12H20O4/c1-3-5-6-7-8-10(12(15)16)9(4-2)11(13)14/h3-8H2,1-2H3,(H,13,14)(H,15,16)/b10-9-. The van der Waals surface area contributed by atoms with E-state index in [9.17, 15) is 9.59 Å². The third-order valence-corrected chi connectivity index (χ3v) is 2.51. The molecular formula is C12H20O4. The maximum absolute atomic E-state index is 10.9. The molecule has 0 saturated heterocycles. The zero-order valence-corrected chi connectivity index (χ0v) is 9.95. The van der Waals surface area contributed by atoms with E-state index < -0.39 is 11.9 Å². The van der Waals surface area contributed by atoms with Crippen molar-refractivity contribution in [1.29, 1.82) is 0 Å². The van der Waals surface area contributed by atoms with E-state index in [4.69, 9.17) is 10.2 Å². The molecule has 0 aromatic carbocycles. The zero-order chi connectivity index (χ0) is 12.6. The van der Waals surface area contributed by atoms with Crippen molar-refractivity contribution in [2.24, 2.45) is 0 Å². The molecule has 0 bridgehead atoms. The number of aliphatic carboxylic acids is 2. The molecule has 0 radical (unpaired) electrons. The molecule has 4 heteroatoms. The Morgan fingerprint density at radius 2 is 1.44 bits per heavy atom. The molecule has 0 saturated carbocycles. The smallest absolute Gasteiger partial charge is 0.332 e. The van der Waals surface area contributed by atoms with E-state index in [1.54, 1.807) is 6.92 Å². The third-order valence-electron chi connectivity index (χ3n) is 2.51. The summed E-state index contributed by atoms with van der Waals surface area (Å²) in [5, 5.41) is 17.8. The fraction of sp³-hybridized carbons (Fsp3) is 0.667. The van der Waals surface area contributed by atoms with Crippen molar-refractivity contribution in [3.63, 3.8) is 0 Å². The van der Waals surface area contributed by atoms with Crippen molar-refractivity contribution < 1.29 is 19.8 Å². The third kappa shape index (κ3) is 4.96. The molecule has 0 aromatic rings. The van der Waals surface area contributed by atoms with Gasteiger partial charge in [0.2, 0.25) is 0 Å². The largest absolute Gasteiger partial charge is 0.478 e. The van der Waals surface area contributed by atoms with Gasteiger partial charge in [0.25, 0.3) is 0 Å². The Kier molecular flexibility index (Phi) is 7.25. The number of hydrogen-bond donors (Lipinski definition) is 2. The molecular weight excluding hydrogens is 208 g/mol. The fourth-order valence-electron chi connectivity index (χ4n) is 1.61. The van der Waals surface area contributed by atoms with Crippen molar-refractivity contribution in [1.82, 2.24) is 0 Å². The van der Waals surface area contributed by atoms with Crippen molar-refractivity contribution in [3.8, 4) is 0 Å². The summed E-state index contributed by atoms with van der Waals surface area (Å²) in [5.41, 5.74) is 0.0927. The highest BCUT2D eigenvalue weighted by atomic mass is 16.4. The monoisotopic (exact) mass is 228 g/mol. The highest BCUT2D eigenvalue weighted by Crippen LogP contribution is 2.17. The number of carboxylic acid groups (broad SMARTS) is 2. The first-order valence-corrected chi connectivity index (χ1v) is 5.73. The van der Waals surface area contributed by atoms with Crippen LogP contribution in [0.4, 0.5) is 0 Å². The SMILES string of the molecule is CCCCCC/C(C(=O)O)=C(\CC)C(=O)O. The summed E-state index contributed by atoms with van der Waals surface area (Å²) in [7, 11) is 0. The van der Waals surface area contributed by atoms with E-state index in [1.165, 1.54) is 0 Å². The molecule has 0 amide bonds. The van der Waals surface area contributed by atoms with Crippen LogP contribution in [-0.2, 0) is 9.59 Å². The molecule has 92 valence electrons. The molecule has 0 aliphatic carbocycles. The van der Waals surface area contributed by atoms with Crippen molar-refractivity contribution in [2.75, 3.05) is 0 Å². The molecule has 0 heterocycles. The molecule has 0 fully saturated rings. The van der Waals surface area contributed by atoms with Gasteiger partial charge in [0.1, 0.15) is 0 Å². The summed E-state index contributed by atoms with van der Waals surface area (Å²) in [6.07, 6.45) is 4.43. The molecule has 0 spiro atoms. The van der Waals surface area contributed by atoms with Gasteiger partial charge in [-0.2, -0.15) is 0 Å². The molecule has 16 heavy (non-hydrogen) atoms. The zero-order valence-electron chi connectivity index (χ0n) is 9.95. The summed E-state index contributed by atoms with van der Waals surface area (Å²) in [6, 6.07) is 0. The number of carboxylic acids is 2. The van der Waals surface area contributed by atoms with Crippen LogP contribution in [0.25, 0.3) is 0 Å². The lowest BCUT2D eigenvalue weighted by Gasteiger charge is -2.06. The van der Waals surface area contributed by atoms with Gasteiger partial charge < -0.3 is 10.2 Å². The quantitative estimate of drug-likeness (QED) is 0.495. The predicted octanol–water partition coefficient (Wildman–Crippen LogP) is 2.83. The van der Waals surface area contributed by atoms with E-state index in [0.29, 0.717) is 6.42 Å². The van der Waals surface area contributed by atoms with Crippen molar-refractivity contribution in [3.05, 3.63) is 11.1 Å². The minimum Gasteiger partial charge on any atom is -0.478 e. The lowest BCUT2D eigenvalue weighted by molar-refractivity contribution is -0.136. The highest BCUT2D eigenvalue weighted by Gasteiger charge is 2.17. The van der Waals surface area contributed by atoms with Crippen LogP contribution < -0.4 is 0 Å². The fourth-order valence-corrected chi connectivity index (χ4v) is 1.61. The Hall–Kier alpha value is -1.32. The van der Waals surface area contributed by atoms with Crippen LogP contribution in [0.1, 0.15) is 52.4 Å². The number of hydrogen-bond acceptors (Lipinski definition) is 2. The number of rotatable bonds is 8. The Morgan fingerprint density at radius 1 is 0.875 bits per heavy atom. The van der Waals surface area contributed by atoms with Gasteiger partial charge in [-0.15, -0.1) is 0 Å². The Labute approximate surface area is 96.0 Å².